The largest absolute Gasteiger partial charge is 0.344 e. The van der Waals surface area contributed by atoms with Gasteiger partial charge in [0.05, 0.1) is 0 Å². The van der Waals surface area contributed by atoms with Gasteiger partial charge in [-0.2, -0.15) is 0 Å². The number of hydrogen-bond acceptors (Lipinski definition) is 5. The molecular weight excluding hydrogens is 322 g/mol. The highest BCUT2D eigenvalue weighted by atomic mass is 32.1. The van der Waals surface area contributed by atoms with Crippen LogP contribution in [0.3, 0.4) is 0 Å². The second-order valence-electron chi connectivity index (χ2n) is 6.06. The van der Waals surface area contributed by atoms with Crippen molar-refractivity contribution in [2.45, 2.75) is 45.6 Å². The minimum atomic E-state index is -0.298. The van der Waals surface area contributed by atoms with Crippen LogP contribution in [0.25, 0.3) is 0 Å². The van der Waals surface area contributed by atoms with E-state index >= 15 is 0 Å². The van der Waals surface area contributed by atoms with Crippen LogP contribution in [0.2, 0.25) is 0 Å². The van der Waals surface area contributed by atoms with E-state index in [-0.39, 0.29) is 6.03 Å². The van der Waals surface area contributed by atoms with E-state index in [1.54, 1.807) is 0 Å². The third-order valence-electron chi connectivity index (χ3n) is 4.30. The number of aromatic nitrogens is 2. The van der Waals surface area contributed by atoms with Gasteiger partial charge in [0.2, 0.25) is 10.3 Å². The van der Waals surface area contributed by atoms with E-state index in [0.29, 0.717) is 11.2 Å². The Bertz CT molecular complexity index is 685. The Hall–Kier alpha value is -2.15. The molecule has 0 spiro atoms. The summed E-state index contributed by atoms with van der Waals surface area (Å²) in [7, 11) is 0. The minimum absolute atomic E-state index is 0.298. The first-order valence-corrected chi connectivity index (χ1v) is 9.24. The molecule has 1 atom stereocenters. The molecule has 0 aliphatic carbocycles. The molecule has 24 heavy (non-hydrogen) atoms. The molecule has 1 aliphatic heterocycles. The number of amides is 2. The Labute approximate surface area is 146 Å². The Kier molecular flexibility index (Phi) is 5.30. The fourth-order valence-corrected chi connectivity index (χ4v) is 3.72. The quantitative estimate of drug-likeness (QED) is 0.874. The molecule has 1 fully saturated rings. The average molecular weight is 345 g/mol. The zero-order valence-electron chi connectivity index (χ0n) is 14.1. The second-order valence-corrected chi connectivity index (χ2v) is 7.01. The summed E-state index contributed by atoms with van der Waals surface area (Å²) in [6.45, 7) is 5.32. The van der Waals surface area contributed by atoms with Crippen LogP contribution >= 0.6 is 11.3 Å². The van der Waals surface area contributed by atoms with E-state index in [2.05, 4.69) is 39.6 Å². The molecule has 128 valence electrons. The Morgan fingerprint density at radius 1 is 1.25 bits per heavy atom. The normalized spacial score (nSPS) is 17.6. The van der Waals surface area contributed by atoms with Gasteiger partial charge in [-0.3, -0.25) is 5.32 Å². The predicted octanol–water partition coefficient (Wildman–Crippen LogP) is 4.12. The molecule has 0 radical (unpaired) electrons. The number of nitrogens with zero attached hydrogens (tertiary/aromatic N) is 3. The lowest BCUT2D eigenvalue weighted by molar-refractivity contribution is 0.262. The van der Waals surface area contributed by atoms with E-state index in [1.807, 2.05) is 24.3 Å². The molecule has 1 unspecified atom stereocenters. The van der Waals surface area contributed by atoms with Gasteiger partial charge in [-0.15, -0.1) is 10.2 Å². The highest BCUT2D eigenvalue weighted by Crippen LogP contribution is 2.29. The van der Waals surface area contributed by atoms with Crippen LogP contribution in [0, 0.1) is 0 Å². The molecule has 2 N–H and O–H groups in total. The monoisotopic (exact) mass is 345 g/mol. The van der Waals surface area contributed by atoms with Crippen LogP contribution in [0.5, 0.6) is 0 Å². The molecule has 0 bridgehead atoms. The molecule has 0 saturated carbocycles. The number of aryl methyl sites for hydroxylation is 1. The average Bonchev–Trinajstić information content (AvgIpc) is 3.04. The molecular formula is C17H23N5OS. The predicted molar refractivity (Wildman–Crippen MR) is 99.0 cm³/mol. The molecule has 1 aromatic heterocycles. The molecule has 1 saturated heterocycles. The summed E-state index contributed by atoms with van der Waals surface area (Å²) in [5.41, 5.74) is 2.00. The van der Waals surface area contributed by atoms with E-state index in [4.69, 9.17) is 0 Å². The number of nitrogens with one attached hydrogen (secondary N) is 2. The first kappa shape index (κ1) is 16.7. The number of carbonyl (C=O) groups is 1. The van der Waals surface area contributed by atoms with Gasteiger partial charge in [0.25, 0.3) is 0 Å². The highest BCUT2D eigenvalue weighted by molar-refractivity contribution is 7.19. The van der Waals surface area contributed by atoms with Crippen LogP contribution in [0.15, 0.2) is 24.3 Å². The van der Waals surface area contributed by atoms with Crippen LogP contribution < -0.4 is 15.5 Å². The first-order valence-electron chi connectivity index (χ1n) is 8.43. The van der Waals surface area contributed by atoms with Crippen LogP contribution in [-0.2, 0) is 6.42 Å². The number of piperidine rings is 1. The maximum atomic E-state index is 12.1. The van der Waals surface area contributed by atoms with Gasteiger partial charge in [-0.25, -0.2) is 4.79 Å². The van der Waals surface area contributed by atoms with Gasteiger partial charge < -0.3 is 10.2 Å². The van der Waals surface area contributed by atoms with Gasteiger partial charge in [-0.1, -0.05) is 30.4 Å². The van der Waals surface area contributed by atoms with E-state index in [1.165, 1.54) is 36.2 Å². The second kappa shape index (κ2) is 7.61. The summed E-state index contributed by atoms with van der Waals surface area (Å²) >= 11 is 1.42. The lowest BCUT2D eigenvalue weighted by Crippen LogP contribution is -2.37. The summed E-state index contributed by atoms with van der Waals surface area (Å²) in [6, 6.07) is 8.00. The van der Waals surface area contributed by atoms with Gasteiger partial charge in [-0.05, 0) is 50.3 Å². The van der Waals surface area contributed by atoms with Crippen LogP contribution in [0.1, 0.15) is 38.7 Å². The van der Waals surface area contributed by atoms with Crippen molar-refractivity contribution in [3.05, 3.63) is 29.8 Å². The summed E-state index contributed by atoms with van der Waals surface area (Å²) in [5, 5.41) is 15.3. The third kappa shape index (κ3) is 4.03. The molecule has 6 nitrogen and oxygen atoms in total. The van der Waals surface area contributed by atoms with Crippen molar-refractivity contribution in [3.8, 4) is 0 Å². The Balaban J connectivity index is 1.58. The number of hydrogen-bond donors (Lipinski definition) is 2. The van der Waals surface area contributed by atoms with Crippen molar-refractivity contribution in [1.82, 2.24) is 10.2 Å². The SMILES string of the molecule is CCc1ccc(NC(=O)Nc2nnc(N3CCCCC3C)s2)cc1. The molecule has 1 aliphatic rings. The highest BCUT2D eigenvalue weighted by Gasteiger charge is 2.22. The standard InChI is InChI=1S/C17H23N5OS/c1-3-13-7-9-14(10-8-13)18-15(23)19-16-20-21-17(24-16)22-11-5-4-6-12(22)2/h7-10,12H,3-6,11H2,1-2H3,(H2,18,19,20,23). The smallest absolute Gasteiger partial charge is 0.325 e. The summed E-state index contributed by atoms with van der Waals surface area (Å²) in [4.78, 5) is 14.4. The molecule has 2 amide bonds. The maximum absolute atomic E-state index is 12.1. The summed E-state index contributed by atoms with van der Waals surface area (Å²) in [5.74, 6) is 0. The van der Waals surface area contributed by atoms with E-state index < -0.39 is 0 Å². The fourth-order valence-electron chi connectivity index (χ4n) is 2.85. The van der Waals surface area contributed by atoms with Crippen LogP contribution in [0.4, 0.5) is 20.7 Å². The Morgan fingerprint density at radius 3 is 2.75 bits per heavy atom. The fraction of sp³-hybridized carbons (Fsp3) is 0.471. The van der Waals surface area contributed by atoms with Crippen molar-refractivity contribution in [1.29, 1.82) is 0 Å². The molecule has 1 aromatic carbocycles. The van der Waals surface area contributed by atoms with Gasteiger partial charge in [0.1, 0.15) is 0 Å². The maximum Gasteiger partial charge on any atom is 0.325 e. The van der Waals surface area contributed by atoms with Crippen molar-refractivity contribution in [2.24, 2.45) is 0 Å². The van der Waals surface area contributed by atoms with Gasteiger partial charge in [0.15, 0.2) is 0 Å². The number of anilines is 3. The first-order chi connectivity index (χ1) is 11.7. The lowest BCUT2D eigenvalue weighted by atomic mass is 10.1. The van der Waals surface area contributed by atoms with Gasteiger partial charge in [0, 0.05) is 18.3 Å². The van der Waals surface area contributed by atoms with E-state index in [0.717, 1.165) is 23.8 Å². The summed E-state index contributed by atoms with van der Waals surface area (Å²) in [6.07, 6.45) is 4.60. The Morgan fingerprint density at radius 2 is 2.04 bits per heavy atom. The molecule has 2 heterocycles. The summed E-state index contributed by atoms with van der Waals surface area (Å²) < 4.78 is 0. The van der Waals surface area contributed by atoms with Crippen LogP contribution in [-0.4, -0.2) is 28.8 Å². The van der Waals surface area contributed by atoms with Crippen molar-refractivity contribution < 1.29 is 4.79 Å². The minimum Gasteiger partial charge on any atom is -0.344 e. The number of rotatable bonds is 4. The number of carbonyl (C=O) groups excluding carboxylic acids is 1. The molecule has 7 heteroatoms. The lowest BCUT2D eigenvalue weighted by Gasteiger charge is -2.32. The number of urea groups is 1. The van der Waals surface area contributed by atoms with Crippen molar-refractivity contribution in [2.75, 3.05) is 22.1 Å². The zero-order chi connectivity index (χ0) is 16.9. The molecule has 2 aromatic rings. The topological polar surface area (TPSA) is 70.1 Å². The van der Waals surface area contributed by atoms with E-state index in [9.17, 15) is 4.79 Å². The molecule has 3 rings (SSSR count). The number of benzene rings is 1. The zero-order valence-corrected chi connectivity index (χ0v) is 14.9. The third-order valence-corrected chi connectivity index (χ3v) is 5.18. The van der Waals surface area contributed by atoms with Crippen molar-refractivity contribution in [3.63, 3.8) is 0 Å². The van der Waals surface area contributed by atoms with Gasteiger partial charge >= 0.3 is 6.03 Å². The van der Waals surface area contributed by atoms with Crippen molar-refractivity contribution >= 4 is 33.3 Å².